The number of imide groups is 1. The van der Waals surface area contributed by atoms with Crippen LogP contribution in [0.5, 0.6) is 17.4 Å². The Morgan fingerprint density at radius 3 is 2.02 bits per heavy atom. The number of amides is 3. The first kappa shape index (κ1) is 30.0. The van der Waals surface area contributed by atoms with Crippen LogP contribution in [0.4, 0.5) is 25.2 Å². The number of fused-ring (bicyclic) bond motifs is 1. The second-order valence-electron chi connectivity index (χ2n) is 10.3. The number of methoxy groups -OCH3 is 1. The van der Waals surface area contributed by atoms with E-state index >= 15 is 0 Å². The van der Waals surface area contributed by atoms with Gasteiger partial charge in [0.1, 0.15) is 22.6 Å². The van der Waals surface area contributed by atoms with E-state index in [0.717, 1.165) is 11.3 Å². The van der Waals surface area contributed by atoms with Gasteiger partial charge in [-0.25, -0.2) is 24.4 Å². The molecule has 0 bridgehead atoms. The minimum atomic E-state index is -1.02. The minimum Gasteiger partial charge on any atom is -0.479 e. The number of para-hydroxylation sites is 2. The molecule has 0 saturated carbocycles. The van der Waals surface area contributed by atoms with Crippen LogP contribution < -0.4 is 24.4 Å². The van der Waals surface area contributed by atoms with Crippen molar-refractivity contribution in [2.24, 2.45) is 0 Å². The van der Waals surface area contributed by atoms with Gasteiger partial charge in [0, 0.05) is 17.4 Å². The average molecular weight is 613 g/mol. The number of rotatable bonds is 6. The molecule has 5 aromatic rings. The second-order valence-corrected chi connectivity index (χ2v) is 11.2. The zero-order chi connectivity index (χ0) is 31.3. The lowest BCUT2D eigenvalue weighted by molar-refractivity contribution is 0.0636. The molecular formula is C32H28N4O7S. The van der Waals surface area contributed by atoms with Crippen molar-refractivity contribution in [3.63, 3.8) is 0 Å². The third kappa shape index (κ3) is 7.10. The maximum absolute atomic E-state index is 13.4. The second kappa shape index (κ2) is 12.8. The Morgan fingerprint density at radius 2 is 1.45 bits per heavy atom. The standard InChI is InChI=1S/C32H28N4O7S/c1-32(2,3)43-29(37)34-21-13-11-12-20(18-21)24-19-33-27(40-4)25-26(24)44-28(35-25)36(30(38)41-22-14-7-5-8-15-22)31(39)42-23-16-9-6-10-17-23/h5-19H,1-4H3,(H,34,37). The van der Waals surface area contributed by atoms with Crippen LogP contribution >= 0.6 is 11.3 Å². The van der Waals surface area contributed by atoms with Gasteiger partial charge in [0.15, 0.2) is 0 Å². The molecule has 0 spiro atoms. The summed E-state index contributed by atoms with van der Waals surface area (Å²) in [5, 5.41) is 2.70. The summed E-state index contributed by atoms with van der Waals surface area (Å²) in [5.41, 5.74) is 1.43. The maximum atomic E-state index is 13.4. The van der Waals surface area contributed by atoms with Crippen molar-refractivity contribution >= 4 is 50.7 Å². The van der Waals surface area contributed by atoms with E-state index in [1.54, 1.807) is 106 Å². The number of carbonyl (C=O) groups is 3. The lowest BCUT2D eigenvalue weighted by Gasteiger charge is -2.19. The number of aromatic nitrogens is 2. The van der Waals surface area contributed by atoms with Gasteiger partial charge >= 0.3 is 18.3 Å². The highest BCUT2D eigenvalue weighted by Crippen LogP contribution is 2.40. The highest BCUT2D eigenvalue weighted by molar-refractivity contribution is 7.23. The van der Waals surface area contributed by atoms with Gasteiger partial charge in [-0.1, -0.05) is 59.9 Å². The zero-order valence-electron chi connectivity index (χ0n) is 24.3. The molecule has 0 radical (unpaired) electrons. The number of carbonyl (C=O) groups excluding carboxylic acids is 3. The van der Waals surface area contributed by atoms with Gasteiger partial charge in [0.05, 0.1) is 11.8 Å². The fourth-order valence-electron chi connectivity index (χ4n) is 4.02. The molecule has 3 aromatic carbocycles. The molecule has 224 valence electrons. The Kier molecular flexibility index (Phi) is 8.72. The number of ether oxygens (including phenoxy) is 4. The molecule has 3 amide bonds. The molecule has 12 heteroatoms. The summed E-state index contributed by atoms with van der Waals surface area (Å²) in [6, 6.07) is 23.7. The van der Waals surface area contributed by atoms with Crippen molar-refractivity contribution in [2.45, 2.75) is 26.4 Å². The molecule has 2 heterocycles. The third-order valence-corrected chi connectivity index (χ3v) is 6.91. The molecule has 0 aliphatic rings. The van der Waals surface area contributed by atoms with Gasteiger partial charge in [-0.15, -0.1) is 0 Å². The summed E-state index contributed by atoms with van der Waals surface area (Å²) in [6.45, 7) is 5.33. The predicted molar refractivity (Wildman–Crippen MR) is 167 cm³/mol. The number of nitrogens with zero attached hydrogens (tertiary/aromatic N) is 3. The molecule has 44 heavy (non-hydrogen) atoms. The molecule has 0 aliphatic heterocycles. The smallest absolute Gasteiger partial charge is 0.431 e. The molecule has 0 unspecified atom stereocenters. The normalized spacial score (nSPS) is 11.0. The number of nitrogens with one attached hydrogen (secondary N) is 1. The van der Waals surface area contributed by atoms with E-state index in [0.29, 0.717) is 31.9 Å². The number of hydrogen-bond donors (Lipinski definition) is 1. The van der Waals surface area contributed by atoms with Gasteiger partial charge in [0.2, 0.25) is 11.0 Å². The van der Waals surface area contributed by atoms with E-state index in [1.807, 2.05) is 6.07 Å². The molecule has 2 aromatic heterocycles. The van der Waals surface area contributed by atoms with E-state index in [-0.39, 0.29) is 22.5 Å². The van der Waals surface area contributed by atoms with Gasteiger partial charge in [-0.05, 0) is 62.7 Å². The van der Waals surface area contributed by atoms with E-state index in [2.05, 4.69) is 15.3 Å². The minimum absolute atomic E-state index is 0.0301. The van der Waals surface area contributed by atoms with E-state index in [1.165, 1.54) is 7.11 Å². The molecule has 0 saturated heterocycles. The molecule has 5 rings (SSSR count). The van der Waals surface area contributed by atoms with Crippen LogP contribution in [0.25, 0.3) is 21.3 Å². The molecule has 11 nitrogen and oxygen atoms in total. The first-order valence-electron chi connectivity index (χ1n) is 13.4. The van der Waals surface area contributed by atoms with Crippen molar-refractivity contribution in [2.75, 3.05) is 17.3 Å². The van der Waals surface area contributed by atoms with Gasteiger partial charge in [-0.2, -0.15) is 4.90 Å². The molecule has 0 atom stereocenters. The molecule has 0 aliphatic carbocycles. The number of pyridine rings is 1. The highest BCUT2D eigenvalue weighted by Gasteiger charge is 2.32. The van der Waals surface area contributed by atoms with Crippen molar-refractivity contribution in [3.05, 3.63) is 91.1 Å². The Hall–Kier alpha value is -5.49. The summed E-state index contributed by atoms with van der Waals surface area (Å²) in [6.07, 6.45) is -1.05. The molecule has 1 N–H and O–H groups in total. The Morgan fingerprint density at radius 1 is 0.841 bits per heavy atom. The molecule has 0 fully saturated rings. The van der Waals surface area contributed by atoms with Gasteiger partial charge in [-0.3, -0.25) is 5.32 Å². The Balaban J connectivity index is 1.55. The number of thiazole rings is 1. The lowest BCUT2D eigenvalue weighted by Crippen LogP contribution is -2.41. The van der Waals surface area contributed by atoms with E-state index < -0.39 is 23.9 Å². The van der Waals surface area contributed by atoms with Gasteiger partial charge < -0.3 is 18.9 Å². The van der Waals surface area contributed by atoms with E-state index in [4.69, 9.17) is 18.9 Å². The third-order valence-electron chi connectivity index (χ3n) is 5.84. The monoisotopic (exact) mass is 612 g/mol. The van der Waals surface area contributed by atoms with E-state index in [9.17, 15) is 14.4 Å². The van der Waals surface area contributed by atoms with Crippen LogP contribution in [-0.2, 0) is 4.74 Å². The van der Waals surface area contributed by atoms with Crippen LogP contribution in [0.1, 0.15) is 20.8 Å². The van der Waals surface area contributed by atoms with Crippen molar-refractivity contribution in [1.29, 1.82) is 0 Å². The SMILES string of the molecule is COc1ncc(-c2cccc(NC(=O)OC(C)(C)C)c2)c2sc(N(C(=O)Oc3ccccc3)C(=O)Oc3ccccc3)nc12. The van der Waals surface area contributed by atoms with Crippen LogP contribution in [0.15, 0.2) is 91.1 Å². The summed E-state index contributed by atoms with van der Waals surface area (Å²) >= 11 is 1.04. The topological polar surface area (TPSA) is 129 Å². The quantitative estimate of drug-likeness (QED) is 0.203. The largest absolute Gasteiger partial charge is 0.479 e. The van der Waals surface area contributed by atoms with Crippen LogP contribution in [-0.4, -0.2) is 41.0 Å². The van der Waals surface area contributed by atoms with Gasteiger partial charge in [0.25, 0.3) is 0 Å². The van der Waals surface area contributed by atoms with Crippen LogP contribution in [0, 0.1) is 0 Å². The summed E-state index contributed by atoms with van der Waals surface area (Å²) < 4.78 is 22.4. The summed E-state index contributed by atoms with van der Waals surface area (Å²) in [4.78, 5) is 49.0. The average Bonchev–Trinajstić information content (AvgIpc) is 3.41. The molecular weight excluding hydrogens is 584 g/mol. The first-order valence-corrected chi connectivity index (χ1v) is 14.2. The predicted octanol–water partition coefficient (Wildman–Crippen LogP) is 7.92. The highest BCUT2D eigenvalue weighted by atomic mass is 32.1. The number of benzene rings is 3. The summed E-state index contributed by atoms with van der Waals surface area (Å²) in [7, 11) is 1.44. The zero-order valence-corrected chi connectivity index (χ0v) is 25.1. The Labute approximate surface area is 257 Å². The van der Waals surface area contributed by atoms with Crippen molar-refractivity contribution in [3.8, 4) is 28.5 Å². The van der Waals surface area contributed by atoms with Crippen LogP contribution in [0.2, 0.25) is 0 Å². The fourth-order valence-corrected chi connectivity index (χ4v) is 5.09. The summed E-state index contributed by atoms with van der Waals surface area (Å²) in [5.74, 6) is 0.637. The maximum Gasteiger partial charge on any atom is 0.431 e. The van der Waals surface area contributed by atoms with Crippen molar-refractivity contribution in [1.82, 2.24) is 9.97 Å². The number of anilines is 2. The fraction of sp³-hybridized carbons (Fsp3) is 0.156. The van der Waals surface area contributed by atoms with Crippen LogP contribution in [0.3, 0.4) is 0 Å². The Bertz CT molecular complexity index is 1750. The first-order chi connectivity index (χ1) is 21.1. The lowest BCUT2D eigenvalue weighted by atomic mass is 10.1. The number of hydrogen-bond acceptors (Lipinski definition) is 10. The van der Waals surface area contributed by atoms with Crippen molar-refractivity contribution < 1.29 is 33.3 Å².